The van der Waals surface area contributed by atoms with Gasteiger partial charge >= 0.3 is 5.97 Å². The van der Waals surface area contributed by atoms with Crippen LogP contribution in [0.4, 0.5) is 17.5 Å². The van der Waals surface area contributed by atoms with Gasteiger partial charge in [0.25, 0.3) is 5.91 Å². The highest BCUT2D eigenvalue weighted by molar-refractivity contribution is 5.97. The Labute approximate surface area is 449 Å². The fraction of sp³-hybridized carbons (Fsp3) is 0.551. The Balaban J connectivity index is 1.56. The topological polar surface area (TPSA) is 451 Å². The summed E-state index contributed by atoms with van der Waals surface area (Å²) in [7, 11) is 1.78. The van der Waals surface area contributed by atoms with E-state index in [0.29, 0.717) is 38.6 Å². The molecule has 6 amide bonds. The van der Waals surface area contributed by atoms with Crippen molar-refractivity contribution in [3.8, 4) is 0 Å². The van der Waals surface area contributed by atoms with Crippen LogP contribution in [0.3, 0.4) is 0 Å². The zero-order valence-corrected chi connectivity index (χ0v) is 44.1. The third-order valence-corrected chi connectivity index (χ3v) is 12.5. The number of carboxylic acid groups (broad SMARTS) is 1. The predicted octanol–water partition coefficient (Wildman–Crippen LogP) is -0.342. The van der Waals surface area contributed by atoms with Crippen molar-refractivity contribution in [2.45, 2.75) is 122 Å². The monoisotopic (exact) mass is 1100 g/mol. The van der Waals surface area contributed by atoms with E-state index in [1.165, 1.54) is 18.3 Å². The molecule has 3 aromatic rings. The van der Waals surface area contributed by atoms with Crippen molar-refractivity contribution in [1.29, 1.82) is 0 Å². The van der Waals surface area contributed by atoms with Gasteiger partial charge in [-0.25, -0.2) is 30.0 Å². The fourth-order valence-corrected chi connectivity index (χ4v) is 7.83. The summed E-state index contributed by atoms with van der Waals surface area (Å²) in [6.07, 6.45) is -0.130. The molecular weight excluding hydrogens is 1020 g/mol. The average Bonchev–Trinajstić information content (AvgIpc) is 3.42. The van der Waals surface area contributed by atoms with Gasteiger partial charge in [0.2, 0.25) is 35.5 Å². The van der Waals surface area contributed by atoms with Crippen LogP contribution in [-0.2, 0) is 49.7 Å². The number of nitrogens with zero attached hydrogens (tertiary/aromatic N) is 8. The number of carboxylic acids is 1. The summed E-state index contributed by atoms with van der Waals surface area (Å²) < 4.78 is 0. The molecule has 3 rings (SSSR count). The number of nitrogen functional groups attached to an aromatic ring is 2. The Morgan fingerprint density at radius 3 is 1.82 bits per heavy atom. The maximum absolute atomic E-state index is 13.9. The molecule has 5 atom stereocenters. The van der Waals surface area contributed by atoms with Gasteiger partial charge in [-0.15, -0.1) is 0 Å². The Morgan fingerprint density at radius 1 is 0.667 bits per heavy atom. The normalized spacial score (nSPS) is 13.0. The number of aliphatic hydroxyl groups is 1. The van der Waals surface area contributed by atoms with E-state index < -0.39 is 102 Å². The van der Waals surface area contributed by atoms with Crippen LogP contribution in [0.15, 0.2) is 30.5 Å². The summed E-state index contributed by atoms with van der Waals surface area (Å²) in [5, 5.41) is 58.3. The SMILES string of the molecule is CC(=O)N(O)CCC[C@H](CC(=O)[C@H](CCCN(O)C(C)=O)NC(=O)[C@@H](N)CCCN(O)C(C)=O)C(=O)C[C@H](CO)C(=O)NCCCC(=O)CC[C@@H](NC(=O)c1ccc(N(C)Cc2cnc3nc(N)nc(N)c3n2)cc1)C(=O)O. The molecule has 428 valence electrons. The van der Waals surface area contributed by atoms with E-state index in [9.17, 15) is 73.8 Å². The number of ketones is 3. The lowest BCUT2D eigenvalue weighted by Gasteiger charge is -2.24. The minimum Gasteiger partial charge on any atom is -0.480 e. The Kier molecular flexibility index (Phi) is 26.4. The molecule has 0 saturated carbocycles. The fourth-order valence-electron chi connectivity index (χ4n) is 7.83. The number of aliphatic carboxylic acids is 1. The number of aliphatic hydroxyl groups excluding tert-OH is 1. The minimum atomic E-state index is -1.41. The number of anilines is 3. The number of carbonyl (C=O) groups is 10. The van der Waals surface area contributed by atoms with Crippen LogP contribution in [0, 0.1) is 11.8 Å². The van der Waals surface area contributed by atoms with Gasteiger partial charge in [0.05, 0.1) is 43.0 Å². The molecule has 0 aliphatic rings. The number of hydrogen-bond donors (Lipinski definition) is 11. The van der Waals surface area contributed by atoms with Crippen molar-refractivity contribution < 1.29 is 73.8 Å². The molecule has 29 heteroatoms. The molecule has 0 bridgehead atoms. The highest BCUT2D eigenvalue weighted by atomic mass is 16.5. The number of benzene rings is 1. The van der Waals surface area contributed by atoms with E-state index in [-0.39, 0.29) is 119 Å². The third-order valence-electron chi connectivity index (χ3n) is 12.5. The molecule has 2 aromatic heterocycles. The molecule has 0 spiro atoms. The first kappa shape index (κ1) is 64.4. The van der Waals surface area contributed by atoms with Gasteiger partial charge < -0.3 is 48.3 Å². The van der Waals surface area contributed by atoms with E-state index >= 15 is 0 Å². The first-order valence-electron chi connectivity index (χ1n) is 25.1. The smallest absolute Gasteiger partial charge is 0.326 e. The zero-order valence-electron chi connectivity index (χ0n) is 44.1. The highest BCUT2D eigenvalue weighted by Gasteiger charge is 2.32. The van der Waals surface area contributed by atoms with Crippen molar-refractivity contribution in [2.75, 3.05) is 56.2 Å². The second kappa shape index (κ2) is 32.0. The van der Waals surface area contributed by atoms with E-state index in [1.807, 2.05) is 4.90 Å². The summed E-state index contributed by atoms with van der Waals surface area (Å²) in [4.78, 5) is 145. The second-order valence-electron chi connectivity index (χ2n) is 18.7. The van der Waals surface area contributed by atoms with Gasteiger partial charge in [-0.1, -0.05) is 0 Å². The number of hydroxylamine groups is 6. The van der Waals surface area contributed by atoms with Crippen LogP contribution in [0.1, 0.15) is 114 Å². The molecule has 1 aromatic carbocycles. The van der Waals surface area contributed by atoms with Crippen molar-refractivity contribution in [1.82, 2.24) is 51.1 Å². The number of nitrogens with one attached hydrogen (secondary N) is 3. The van der Waals surface area contributed by atoms with Gasteiger partial charge in [0.15, 0.2) is 22.8 Å². The number of carbonyl (C=O) groups excluding carboxylic acids is 9. The van der Waals surface area contributed by atoms with Crippen LogP contribution in [-0.4, -0.2) is 178 Å². The Bertz CT molecular complexity index is 2590. The Hall–Kier alpha value is -7.86. The zero-order chi connectivity index (χ0) is 58.2. The van der Waals surface area contributed by atoms with Gasteiger partial charge in [-0.3, -0.25) is 58.8 Å². The number of aromatic nitrogens is 4. The average molecular weight is 1100 g/mol. The number of nitrogens with two attached hydrogens (primary N) is 3. The van der Waals surface area contributed by atoms with Crippen LogP contribution in [0.25, 0.3) is 11.2 Å². The maximum Gasteiger partial charge on any atom is 0.326 e. The van der Waals surface area contributed by atoms with Crippen LogP contribution >= 0.6 is 0 Å². The summed E-state index contributed by atoms with van der Waals surface area (Å²) in [5.74, 6) is -9.72. The predicted molar refractivity (Wildman–Crippen MR) is 276 cm³/mol. The van der Waals surface area contributed by atoms with Crippen LogP contribution < -0.4 is 38.1 Å². The lowest BCUT2D eigenvalue weighted by atomic mass is 9.85. The largest absolute Gasteiger partial charge is 0.480 e. The molecule has 0 fully saturated rings. The second-order valence-corrected chi connectivity index (χ2v) is 18.7. The summed E-state index contributed by atoms with van der Waals surface area (Å²) in [6.45, 7) is 2.18. The molecule has 0 saturated heterocycles. The quantitative estimate of drug-likeness (QED) is 0.0204. The third kappa shape index (κ3) is 21.6. The number of Topliss-reactive ketones (excluding diaryl/α,β-unsaturated/α-hetero) is 3. The molecule has 78 heavy (non-hydrogen) atoms. The summed E-state index contributed by atoms with van der Waals surface area (Å²) >= 11 is 0. The van der Waals surface area contributed by atoms with E-state index in [4.69, 9.17) is 17.2 Å². The lowest BCUT2D eigenvalue weighted by molar-refractivity contribution is -0.163. The van der Waals surface area contributed by atoms with Crippen LogP contribution in [0.2, 0.25) is 0 Å². The number of rotatable bonds is 35. The summed E-state index contributed by atoms with van der Waals surface area (Å²) in [6, 6.07) is 2.40. The first-order chi connectivity index (χ1) is 36.8. The van der Waals surface area contributed by atoms with E-state index in [2.05, 4.69) is 35.9 Å². The van der Waals surface area contributed by atoms with Crippen molar-refractivity contribution in [3.63, 3.8) is 0 Å². The number of amides is 6. The standard InChI is InChI=1S/C49H72N14O15/c1-28(65)61(76)20-6-9-32(23-41(70)38(12-8-22-63(78)30(3)67)56-47(73)37(50)11-7-21-62(77)29(2)66)40(69)24-33(27-64)45(71)53-19-5-10-36(68)17-18-39(48(74)75)57-46(72)31-13-15-35(16-14-31)60(4)26-34-25-54-44-42(55-34)43(51)58-49(52)59-44/h13-16,25,32-33,37-39,64,76-78H,5-12,17-24,26-27,50H2,1-4H3,(H,53,71)(H,56,73)(H,57,72)(H,74,75)(H4,51,52,54,58,59)/t32-,33-,37+,38+,39-/m1/s1. The number of hydrogen-bond acceptors (Lipinski definition) is 22. The maximum atomic E-state index is 13.9. The van der Waals surface area contributed by atoms with Gasteiger partial charge in [0.1, 0.15) is 17.6 Å². The van der Waals surface area contributed by atoms with Crippen molar-refractivity contribution >= 4 is 87.4 Å². The molecule has 0 unspecified atom stereocenters. The Morgan fingerprint density at radius 2 is 1.24 bits per heavy atom. The first-order valence-corrected chi connectivity index (χ1v) is 25.1. The number of fused-ring (bicyclic) bond motifs is 1. The highest BCUT2D eigenvalue weighted by Crippen LogP contribution is 2.22. The van der Waals surface area contributed by atoms with Gasteiger partial charge in [0, 0.05) is 96.8 Å². The van der Waals surface area contributed by atoms with Crippen molar-refractivity contribution in [3.05, 3.63) is 41.7 Å². The molecule has 0 aliphatic heterocycles. The van der Waals surface area contributed by atoms with Crippen LogP contribution in [0.5, 0.6) is 0 Å². The van der Waals surface area contributed by atoms with Gasteiger partial charge in [-0.2, -0.15) is 9.97 Å². The lowest BCUT2D eigenvalue weighted by Crippen LogP contribution is -2.49. The molecule has 14 N–H and O–H groups in total. The minimum absolute atomic E-state index is 0.00454. The molecule has 0 radical (unpaired) electrons. The molecule has 29 nitrogen and oxygen atoms in total. The summed E-state index contributed by atoms with van der Waals surface area (Å²) in [5.41, 5.74) is 19.5. The molecule has 0 aliphatic carbocycles. The van der Waals surface area contributed by atoms with Gasteiger partial charge in [-0.05, 0) is 75.6 Å². The van der Waals surface area contributed by atoms with E-state index in [1.54, 1.807) is 19.2 Å². The van der Waals surface area contributed by atoms with Crippen molar-refractivity contribution in [2.24, 2.45) is 17.6 Å². The molecular formula is C49H72N14O15. The van der Waals surface area contributed by atoms with E-state index in [0.717, 1.165) is 20.8 Å². The molecule has 2 heterocycles.